The monoisotopic (exact) mass is 236 g/mol. The second-order valence-corrected chi connectivity index (χ2v) is 3.74. The van der Waals surface area contributed by atoms with Gasteiger partial charge in [0.25, 0.3) is 0 Å². The van der Waals surface area contributed by atoms with Crippen molar-refractivity contribution in [2.45, 2.75) is 19.4 Å². The van der Waals surface area contributed by atoms with E-state index in [-0.39, 0.29) is 12.3 Å². The van der Waals surface area contributed by atoms with Crippen LogP contribution in [-0.2, 0) is 16.0 Å². The molecule has 0 heterocycles. The number of rotatable bonds is 5. The van der Waals surface area contributed by atoms with E-state index in [1.807, 2.05) is 31.3 Å². The topological polar surface area (TPSA) is 78.4 Å². The summed E-state index contributed by atoms with van der Waals surface area (Å²) in [5.41, 5.74) is 1.82. The summed E-state index contributed by atoms with van der Waals surface area (Å²) in [6, 6.07) is 6.52. The van der Waals surface area contributed by atoms with Crippen LogP contribution in [0.4, 0.5) is 5.69 Å². The molecule has 17 heavy (non-hydrogen) atoms. The third-order valence-corrected chi connectivity index (χ3v) is 2.36. The Morgan fingerprint density at radius 1 is 1.29 bits per heavy atom. The highest BCUT2D eigenvalue weighted by atomic mass is 16.4. The average Bonchev–Trinajstić information content (AvgIpc) is 2.28. The summed E-state index contributed by atoms with van der Waals surface area (Å²) in [7, 11) is 1.81. The Hall–Kier alpha value is -2.04. The van der Waals surface area contributed by atoms with Crippen LogP contribution in [0.3, 0.4) is 0 Å². The second-order valence-electron chi connectivity index (χ2n) is 3.74. The number of carbonyl (C=O) groups is 2. The van der Waals surface area contributed by atoms with Gasteiger partial charge in [-0.3, -0.25) is 4.79 Å². The van der Waals surface area contributed by atoms with Crippen molar-refractivity contribution < 1.29 is 14.7 Å². The molecule has 92 valence electrons. The molecule has 0 saturated carbocycles. The molecule has 0 radical (unpaired) electrons. The van der Waals surface area contributed by atoms with E-state index in [2.05, 4.69) is 10.6 Å². The molecule has 1 aromatic rings. The van der Waals surface area contributed by atoms with E-state index in [9.17, 15) is 9.59 Å². The van der Waals surface area contributed by atoms with Crippen molar-refractivity contribution in [3.63, 3.8) is 0 Å². The number of carboxylic acid groups (broad SMARTS) is 1. The van der Waals surface area contributed by atoms with Gasteiger partial charge in [-0.05, 0) is 17.7 Å². The van der Waals surface area contributed by atoms with Gasteiger partial charge in [0.05, 0.1) is 0 Å². The molecule has 0 aliphatic carbocycles. The molecule has 0 aromatic heterocycles. The number of nitrogens with one attached hydrogen (secondary N) is 2. The summed E-state index contributed by atoms with van der Waals surface area (Å²) < 4.78 is 0. The van der Waals surface area contributed by atoms with Crippen LogP contribution in [0, 0.1) is 0 Å². The molecule has 0 aliphatic rings. The average molecular weight is 236 g/mol. The maximum atomic E-state index is 10.9. The largest absolute Gasteiger partial charge is 0.480 e. The van der Waals surface area contributed by atoms with Gasteiger partial charge in [-0.15, -0.1) is 0 Å². The van der Waals surface area contributed by atoms with Gasteiger partial charge in [0, 0.05) is 26.1 Å². The first kappa shape index (κ1) is 13.0. The molecule has 1 amide bonds. The van der Waals surface area contributed by atoms with Gasteiger partial charge in [-0.2, -0.15) is 0 Å². The summed E-state index contributed by atoms with van der Waals surface area (Å²) in [4.78, 5) is 21.8. The molecule has 0 spiro atoms. The van der Waals surface area contributed by atoms with Gasteiger partial charge in [-0.25, -0.2) is 4.79 Å². The number of hydrogen-bond acceptors (Lipinski definition) is 3. The molecule has 0 fully saturated rings. The molecule has 0 saturated heterocycles. The first-order valence-corrected chi connectivity index (χ1v) is 5.29. The van der Waals surface area contributed by atoms with Crippen LogP contribution in [0.15, 0.2) is 24.3 Å². The maximum absolute atomic E-state index is 10.9. The van der Waals surface area contributed by atoms with Crippen molar-refractivity contribution >= 4 is 17.6 Å². The Kier molecular flexibility index (Phi) is 4.51. The highest BCUT2D eigenvalue weighted by Crippen LogP contribution is 2.10. The Balaban J connectivity index is 2.71. The number of benzene rings is 1. The second kappa shape index (κ2) is 5.89. The quantitative estimate of drug-likeness (QED) is 0.708. The van der Waals surface area contributed by atoms with Gasteiger partial charge in [-0.1, -0.05) is 12.1 Å². The minimum atomic E-state index is -1.03. The summed E-state index contributed by atoms with van der Waals surface area (Å²) >= 11 is 0. The molecular weight excluding hydrogens is 220 g/mol. The fraction of sp³-hybridized carbons (Fsp3) is 0.333. The summed E-state index contributed by atoms with van der Waals surface area (Å²) in [5.74, 6) is -1.37. The number of amides is 1. The van der Waals surface area contributed by atoms with E-state index in [1.165, 1.54) is 6.92 Å². The molecule has 3 N–H and O–H groups in total. The normalized spacial score (nSPS) is 11.6. The molecule has 1 rings (SSSR count). The third-order valence-electron chi connectivity index (χ3n) is 2.36. The highest BCUT2D eigenvalue weighted by molar-refractivity contribution is 5.82. The minimum Gasteiger partial charge on any atom is -0.480 e. The van der Waals surface area contributed by atoms with Crippen LogP contribution in [0.2, 0.25) is 0 Å². The summed E-state index contributed by atoms with van der Waals surface area (Å²) in [6.45, 7) is 1.31. The SMILES string of the molecule is CNc1ccc(C[C@H](NC(C)=O)C(=O)O)cc1. The van der Waals surface area contributed by atoms with E-state index in [1.54, 1.807) is 0 Å². The molecular formula is C12H16N2O3. The smallest absolute Gasteiger partial charge is 0.326 e. The zero-order chi connectivity index (χ0) is 12.8. The third kappa shape index (κ3) is 4.14. The maximum Gasteiger partial charge on any atom is 0.326 e. The zero-order valence-electron chi connectivity index (χ0n) is 9.86. The van der Waals surface area contributed by atoms with Crippen LogP contribution in [0.1, 0.15) is 12.5 Å². The van der Waals surface area contributed by atoms with Crippen LogP contribution in [0.5, 0.6) is 0 Å². The predicted molar refractivity (Wildman–Crippen MR) is 64.9 cm³/mol. The number of carbonyl (C=O) groups excluding carboxylic acids is 1. The highest BCUT2D eigenvalue weighted by Gasteiger charge is 2.18. The van der Waals surface area contributed by atoms with Crippen molar-refractivity contribution in [1.29, 1.82) is 0 Å². The van der Waals surface area contributed by atoms with E-state index in [0.717, 1.165) is 11.3 Å². The van der Waals surface area contributed by atoms with Crippen LogP contribution < -0.4 is 10.6 Å². The number of carboxylic acids is 1. The van der Waals surface area contributed by atoms with Crippen LogP contribution in [0.25, 0.3) is 0 Å². The van der Waals surface area contributed by atoms with Crippen molar-refractivity contribution in [2.75, 3.05) is 12.4 Å². The Bertz CT molecular complexity index is 401. The Morgan fingerprint density at radius 2 is 1.88 bits per heavy atom. The van der Waals surface area contributed by atoms with Crippen molar-refractivity contribution in [3.8, 4) is 0 Å². The van der Waals surface area contributed by atoms with Gasteiger partial charge in [0.1, 0.15) is 6.04 Å². The Labute approximate surface area is 99.8 Å². The molecule has 5 heteroatoms. The van der Waals surface area contributed by atoms with Crippen molar-refractivity contribution in [2.24, 2.45) is 0 Å². The van der Waals surface area contributed by atoms with Crippen molar-refractivity contribution in [1.82, 2.24) is 5.32 Å². The molecule has 1 atom stereocenters. The summed E-state index contributed by atoms with van der Waals surface area (Å²) in [6.07, 6.45) is 0.277. The lowest BCUT2D eigenvalue weighted by Gasteiger charge is -2.13. The predicted octanol–water partition coefficient (Wildman–Crippen LogP) is 0.860. The van der Waals surface area contributed by atoms with E-state index in [0.29, 0.717) is 0 Å². The molecule has 5 nitrogen and oxygen atoms in total. The van der Waals surface area contributed by atoms with E-state index < -0.39 is 12.0 Å². The van der Waals surface area contributed by atoms with E-state index in [4.69, 9.17) is 5.11 Å². The summed E-state index contributed by atoms with van der Waals surface area (Å²) in [5, 5.41) is 14.3. The lowest BCUT2D eigenvalue weighted by molar-refractivity contribution is -0.141. The molecule has 1 aromatic carbocycles. The van der Waals surface area contributed by atoms with E-state index >= 15 is 0 Å². The lowest BCUT2D eigenvalue weighted by atomic mass is 10.1. The fourth-order valence-electron chi connectivity index (χ4n) is 1.49. The molecule has 0 bridgehead atoms. The molecule has 0 aliphatic heterocycles. The first-order chi connectivity index (χ1) is 8.02. The van der Waals surface area contributed by atoms with Gasteiger partial charge in [0.2, 0.25) is 5.91 Å². The van der Waals surface area contributed by atoms with Crippen LogP contribution >= 0.6 is 0 Å². The molecule has 0 unspecified atom stereocenters. The standard InChI is InChI=1S/C12H16N2O3/c1-8(15)14-11(12(16)17)7-9-3-5-10(13-2)6-4-9/h3-6,11,13H,7H2,1-2H3,(H,14,15)(H,16,17)/t11-/m0/s1. The number of hydrogen-bond donors (Lipinski definition) is 3. The van der Waals surface area contributed by atoms with Gasteiger partial charge in [0.15, 0.2) is 0 Å². The fourth-order valence-corrected chi connectivity index (χ4v) is 1.49. The first-order valence-electron chi connectivity index (χ1n) is 5.29. The minimum absolute atomic E-state index is 0.277. The zero-order valence-corrected chi connectivity index (χ0v) is 9.86. The Morgan fingerprint density at radius 3 is 2.29 bits per heavy atom. The van der Waals surface area contributed by atoms with Gasteiger partial charge < -0.3 is 15.7 Å². The number of aliphatic carboxylic acids is 1. The lowest BCUT2D eigenvalue weighted by Crippen LogP contribution is -2.41. The number of anilines is 1. The van der Waals surface area contributed by atoms with Gasteiger partial charge >= 0.3 is 5.97 Å². The van der Waals surface area contributed by atoms with Crippen molar-refractivity contribution in [3.05, 3.63) is 29.8 Å². The van der Waals surface area contributed by atoms with Crippen LogP contribution in [-0.4, -0.2) is 30.1 Å².